The molecule has 3 aliphatic heterocycles. The molecule has 0 spiro atoms. The number of guanidine groups is 1. The number of likely N-dealkylation sites (N-methyl/N-ethyl adjacent to an activating group) is 1. The van der Waals surface area contributed by atoms with Crippen LogP contribution in [0, 0.1) is 0 Å². The quantitative estimate of drug-likeness (QED) is 0.520. The maximum Gasteiger partial charge on any atom is 0.194 e. The zero-order valence-electron chi connectivity index (χ0n) is 19.4. The molecule has 3 saturated heterocycles. The topological polar surface area (TPSA) is 46.6 Å². The predicted octanol–water partition coefficient (Wildman–Crippen LogP) is 1.17. The zero-order chi connectivity index (χ0) is 21.5. The van der Waals surface area contributed by atoms with Crippen molar-refractivity contribution in [3.05, 3.63) is 35.9 Å². The van der Waals surface area contributed by atoms with Crippen LogP contribution in [0.4, 0.5) is 0 Å². The van der Waals surface area contributed by atoms with E-state index >= 15 is 0 Å². The Kier molecular flexibility index (Phi) is 8.19. The maximum absolute atomic E-state index is 6.17. The molecule has 0 bridgehead atoms. The van der Waals surface area contributed by atoms with Crippen LogP contribution in [0.25, 0.3) is 0 Å². The van der Waals surface area contributed by atoms with Gasteiger partial charge in [0.25, 0.3) is 0 Å². The van der Waals surface area contributed by atoms with Gasteiger partial charge in [0, 0.05) is 65.4 Å². The number of morpholine rings is 1. The predicted molar refractivity (Wildman–Crippen MR) is 126 cm³/mol. The van der Waals surface area contributed by atoms with Gasteiger partial charge in [0.2, 0.25) is 0 Å². The minimum absolute atomic E-state index is 0.267. The molecule has 4 rings (SSSR count). The van der Waals surface area contributed by atoms with E-state index < -0.39 is 0 Å². The number of rotatable bonds is 7. The molecule has 3 heterocycles. The van der Waals surface area contributed by atoms with Crippen molar-refractivity contribution in [1.29, 1.82) is 0 Å². The van der Waals surface area contributed by atoms with E-state index in [2.05, 4.69) is 69.1 Å². The SMILES string of the molecule is CCNC(=NCCN1CCN(CC)CC1)N1CC2OCCN(Cc3ccccc3)C2C1. The van der Waals surface area contributed by atoms with Gasteiger partial charge in [-0.15, -0.1) is 0 Å². The molecule has 0 radical (unpaired) electrons. The summed E-state index contributed by atoms with van der Waals surface area (Å²) in [6.07, 6.45) is 0.267. The summed E-state index contributed by atoms with van der Waals surface area (Å²) in [5.41, 5.74) is 1.38. The first kappa shape index (κ1) is 22.5. The lowest BCUT2D eigenvalue weighted by atomic mass is 10.1. The van der Waals surface area contributed by atoms with Gasteiger partial charge in [-0.2, -0.15) is 0 Å². The number of nitrogens with zero attached hydrogens (tertiary/aromatic N) is 5. The Morgan fingerprint density at radius 3 is 2.55 bits per heavy atom. The van der Waals surface area contributed by atoms with Gasteiger partial charge in [-0.05, 0) is 19.0 Å². The lowest BCUT2D eigenvalue weighted by Crippen LogP contribution is -2.50. The van der Waals surface area contributed by atoms with Gasteiger partial charge in [-0.25, -0.2) is 0 Å². The number of benzene rings is 1. The molecule has 0 amide bonds. The number of hydrogen-bond acceptors (Lipinski definition) is 5. The first-order valence-electron chi connectivity index (χ1n) is 12.1. The Balaban J connectivity index is 1.32. The van der Waals surface area contributed by atoms with Gasteiger partial charge >= 0.3 is 0 Å². The van der Waals surface area contributed by atoms with Crippen LogP contribution in [0.5, 0.6) is 0 Å². The molecule has 0 aromatic heterocycles. The van der Waals surface area contributed by atoms with E-state index in [0.717, 1.165) is 78.0 Å². The summed E-state index contributed by atoms with van der Waals surface area (Å²) in [7, 11) is 0. The number of nitrogens with one attached hydrogen (secondary N) is 1. The fraction of sp³-hybridized carbons (Fsp3) is 0.708. The lowest BCUT2D eigenvalue weighted by Gasteiger charge is -2.36. The second kappa shape index (κ2) is 11.3. The fourth-order valence-corrected chi connectivity index (χ4v) is 5.00. The van der Waals surface area contributed by atoms with E-state index in [1.54, 1.807) is 0 Å². The van der Waals surface area contributed by atoms with E-state index in [1.807, 2.05) is 0 Å². The Hall–Kier alpha value is -1.67. The van der Waals surface area contributed by atoms with Crippen molar-refractivity contribution in [3.63, 3.8) is 0 Å². The van der Waals surface area contributed by atoms with Gasteiger partial charge < -0.3 is 19.9 Å². The third kappa shape index (κ3) is 5.98. The third-order valence-corrected chi connectivity index (χ3v) is 6.87. The molecule has 3 fully saturated rings. The van der Waals surface area contributed by atoms with Crippen LogP contribution in [0.15, 0.2) is 35.3 Å². The third-order valence-electron chi connectivity index (χ3n) is 6.87. The largest absolute Gasteiger partial charge is 0.373 e. The number of ether oxygens (including phenoxy) is 1. The summed E-state index contributed by atoms with van der Waals surface area (Å²) < 4.78 is 6.17. The molecule has 2 unspecified atom stereocenters. The van der Waals surface area contributed by atoms with Gasteiger partial charge in [0.15, 0.2) is 5.96 Å². The number of aliphatic imine (C=N–C) groups is 1. The molecule has 0 aliphatic carbocycles. The average molecular weight is 429 g/mol. The van der Waals surface area contributed by atoms with Crippen LogP contribution in [0.1, 0.15) is 19.4 Å². The van der Waals surface area contributed by atoms with Crippen LogP contribution in [0.3, 0.4) is 0 Å². The summed E-state index contributed by atoms with van der Waals surface area (Å²) in [6.45, 7) is 17.8. The van der Waals surface area contributed by atoms with Crippen LogP contribution in [-0.4, -0.2) is 116 Å². The number of hydrogen-bond donors (Lipinski definition) is 1. The van der Waals surface area contributed by atoms with E-state index in [0.29, 0.717) is 6.04 Å². The van der Waals surface area contributed by atoms with Crippen molar-refractivity contribution >= 4 is 5.96 Å². The molecular weight excluding hydrogens is 388 g/mol. The molecule has 2 atom stereocenters. The molecule has 172 valence electrons. The summed E-state index contributed by atoms with van der Waals surface area (Å²) >= 11 is 0. The van der Waals surface area contributed by atoms with Crippen molar-refractivity contribution in [2.75, 3.05) is 78.6 Å². The van der Waals surface area contributed by atoms with Crippen molar-refractivity contribution in [1.82, 2.24) is 24.9 Å². The minimum atomic E-state index is 0.267. The summed E-state index contributed by atoms with van der Waals surface area (Å²) in [5, 5.41) is 3.53. The Labute approximate surface area is 188 Å². The highest BCUT2D eigenvalue weighted by molar-refractivity contribution is 5.80. The van der Waals surface area contributed by atoms with Gasteiger partial charge in [0.05, 0.1) is 25.3 Å². The monoisotopic (exact) mass is 428 g/mol. The fourth-order valence-electron chi connectivity index (χ4n) is 5.00. The van der Waals surface area contributed by atoms with Gasteiger partial charge in [-0.1, -0.05) is 37.3 Å². The highest BCUT2D eigenvalue weighted by Crippen LogP contribution is 2.24. The second-order valence-electron chi connectivity index (χ2n) is 8.85. The van der Waals surface area contributed by atoms with Gasteiger partial charge in [0.1, 0.15) is 0 Å². The molecule has 1 aromatic carbocycles. The lowest BCUT2D eigenvalue weighted by molar-refractivity contribution is -0.0502. The van der Waals surface area contributed by atoms with E-state index in [4.69, 9.17) is 9.73 Å². The first-order chi connectivity index (χ1) is 15.3. The van der Waals surface area contributed by atoms with Crippen molar-refractivity contribution in [2.24, 2.45) is 4.99 Å². The highest BCUT2D eigenvalue weighted by Gasteiger charge is 2.41. The van der Waals surface area contributed by atoms with Crippen molar-refractivity contribution < 1.29 is 4.74 Å². The molecule has 3 aliphatic rings. The van der Waals surface area contributed by atoms with Crippen molar-refractivity contribution in [3.8, 4) is 0 Å². The molecule has 1 N–H and O–H groups in total. The maximum atomic E-state index is 6.17. The van der Waals surface area contributed by atoms with Crippen LogP contribution in [-0.2, 0) is 11.3 Å². The standard InChI is InChI=1S/C24H40N6O/c1-3-25-24(26-10-11-28-14-12-27(4-2)13-15-28)30-19-22-23(20-30)31-17-16-29(22)18-21-8-6-5-7-9-21/h5-9,22-23H,3-4,10-20H2,1-2H3,(H,25,26). The number of likely N-dealkylation sites (tertiary alicyclic amines) is 1. The number of piperazine rings is 1. The van der Waals surface area contributed by atoms with Crippen LogP contribution in [0.2, 0.25) is 0 Å². The van der Waals surface area contributed by atoms with Crippen molar-refractivity contribution in [2.45, 2.75) is 32.5 Å². The molecule has 1 aromatic rings. The number of fused-ring (bicyclic) bond motifs is 1. The Morgan fingerprint density at radius 2 is 1.81 bits per heavy atom. The molecule has 31 heavy (non-hydrogen) atoms. The highest BCUT2D eigenvalue weighted by atomic mass is 16.5. The smallest absolute Gasteiger partial charge is 0.194 e. The van der Waals surface area contributed by atoms with E-state index in [-0.39, 0.29) is 6.10 Å². The Bertz CT molecular complexity index is 691. The van der Waals surface area contributed by atoms with E-state index in [1.165, 1.54) is 18.7 Å². The summed E-state index contributed by atoms with van der Waals surface area (Å²) in [6, 6.07) is 11.2. The first-order valence-corrected chi connectivity index (χ1v) is 12.1. The normalized spacial score (nSPS) is 26.3. The van der Waals surface area contributed by atoms with Gasteiger partial charge in [-0.3, -0.25) is 14.8 Å². The molecule has 7 heteroatoms. The van der Waals surface area contributed by atoms with Crippen LogP contribution < -0.4 is 5.32 Å². The summed E-state index contributed by atoms with van der Waals surface area (Å²) in [5.74, 6) is 1.05. The van der Waals surface area contributed by atoms with Crippen LogP contribution >= 0.6 is 0 Å². The zero-order valence-corrected chi connectivity index (χ0v) is 19.4. The second-order valence-corrected chi connectivity index (χ2v) is 8.85. The minimum Gasteiger partial charge on any atom is -0.373 e. The average Bonchev–Trinajstić information content (AvgIpc) is 3.25. The van der Waals surface area contributed by atoms with E-state index in [9.17, 15) is 0 Å². The molecule has 0 saturated carbocycles. The molecule has 7 nitrogen and oxygen atoms in total. The molecular formula is C24H40N6O. The Morgan fingerprint density at radius 1 is 1.03 bits per heavy atom. The summed E-state index contributed by atoms with van der Waals surface area (Å²) in [4.78, 5) is 15.1.